The molecule has 0 aliphatic rings. The summed E-state index contributed by atoms with van der Waals surface area (Å²) in [6.07, 6.45) is -0.941. The highest BCUT2D eigenvalue weighted by Gasteiger charge is 2.15. The Hall–Kier alpha value is -2.58. The van der Waals surface area contributed by atoms with Crippen molar-refractivity contribution in [3.05, 3.63) is 29.8 Å². The lowest BCUT2D eigenvalue weighted by Gasteiger charge is -2.07. The first-order valence-corrected chi connectivity index (χ1v) is 6.81. The highest BCUT2D eigenvalue weighted by atomic mass is 16.3. The molecule has 8 nitrogen and oxygen atoms in total. The number of fused-ring (bicyclic) bond motifs is 1. The van der Waals surface area contributed by atoms with Crippen LogP contribution in [0, 0.1) is 6.92 Å². The Labute approximate surface area is 126 Å². The maximum absolute atomic E-state index is 9.56. The number of aryl methyl sites for hydroxylation is 1. The monoisotopic (exact) mass is 300 g/mol. The van der Waals surface area contributed by atoms with Gasteiger partial charge in [-0.05, 0) is 6.92 Å². The molecule has 0 saturated carbocycles. The zero-order valence-electron chi connectivity index (χ0n) is 12.0. The molecule has 3 rings (SSSR count). The molecule has 0 aliphatic heterocycles. The normalized spacial score (nSPS) is 12.7. The number of aromatic nitrogens is 5. The van der Waals surface area contributed by atoms with Gasteiger partial charge in [0, 0.05) is 5.56 Å². The van der Waals surface area contributed by atoms with Gasteiger partial charge in [-0.25, -0.2) is 14.6 Å². The summed E-state index contributed by atoms with van der Waals surface area (Å²) in [6.45, 7) is 1.71. The first kappa shape index (κ1) is 14.4. The van der Waals surface area contributed by atoms with Crippen LogP contribution in [0.5, 0.6) is 0 Å². The Morgan fingerprint density at radius 1 is 1.23 bits per heavy atom. The van der Waals surface area contributed by atoms with E-state index in [-0.39, 0.29) is 19.0 Å². The second kappa shape index (κ2) is 5.66. The third kappa shape index (κ3) is 2.61. The number of nitrogen functional groups attached to an aromatic ring is 1. The molecule has 0 bridgehead atoms. The van der Waals surface area contributed by atoms with Crippen molar-refractivity contribution in [3.63, 3.8) is 0 Å². The van der Waals surface area contributed by atoms with E-state index in [1.54, 1.807) is 0 Å². The molecule has 4 N–H and O–H groups in total. The standard InChI is InChI=1S/C14H16N6O2/c1-8-2-4-9(5-3-8)13-16-12(15)11-14(17-13)20(19-18-11)6-10(22)7-21/h2-5,10,21-22H,6-7H2,1H3,(H2,15,16,17)/t10-/m0/s1. The van der Waals surface area contributed by atoms with Crippen molar-refractivity contribution in [2.75, 3.05) is 12.3 Å². The Bertz CT molecular complexity index is 799. The molecule has 0 unspecified atom stereocenters. The van der Waals surface area contributed by atoms with Crippen molar-refractivity contribution < 1.29 is 10.2 Å². The molecule has 2 aromatic heterocycles. The molecule has 0 saturated heterocycles. The van der Waals surface area contributed by atoms with Crippen molar-refractivity contribution >= 4 is 17.0 Å². The SMILES string of the molecule is Cc1ccc(-c2nc(N)c3nnn(C[C@H](O)CO)c3n2)cc1. The minimum absolute atomic E-state index is 0.0801. The van der Waals surface area contributed by atoms with Crippen LogP contribution in [-0.4, -0.2) is 47.9 Å². The lowest BCUT2D eigenvalue weighted by molar-refractivity contribution is 0.0787. The average molecular weight is 300 g/mol. The van der Waals surface area contributed by atoms with Crippen molar-refractivity contribution in [2.45, 2.75) is 19.6 Å². The number of benzene rings is 1. The summed E-state index contributed by atoms with van der Waals surface area (Å²) in [5, 5.41) is 26.3. The summed E-state index contributed by atoms with van der Waals surface area (Å²) in [6, 6.07) is 7.74. The minimum atomic E-state index is -0.941. The van der Waals surface area contributed by atoms with Crippen LogP contribution in [0.1, 0.15) is 5.56 Å². The zero-order valence-corrected chi connectivity index (χ0v) is 12.0. The Morgan fingerprint density at radius 2 is 1.95 bits per heavy atom. The van der Waals surface area contributed by atoms with Crippen molar-refractivity contribution in [1.29, 1.82) is 0 Å². The molecule has 8 heteroatoms. The topological polar surface area (TPSA) is 123 Å². The molecule has 0 radical (unpaired) electrons. The van der Waals surface area contributed by atoms with Crippen LogP contribution >= 0.6 is 0 Å². The molecule has 0 amide bonds. The largest absolute Gasteiger partial charge is 0.394 e. The van der Waals surface area contributed by atoms with Crippen LogP contribution in [0.25, 0.3) is 22.6 Å². The van der Waals surface area contributed by atoms with Gasteiger partial charge in [-0.3, -0.25) is 0 Å². The third-order valence-electron chi connectivity index (χ3n) is 3.29. The quantitative estimate of drug-likeness (QED) is 0.626. The number of hydrogen-bond donors (Lipinski definition) is 3. The van der Waals surface area contributed by atoms with E-state index in [1.165, 1.54) is 4.68 Å². The van der Waals surface area contributed by atoms with Crippen LogP contribution in [0.15, 0.2) is 24.3 Å². The molecule has 114 valence electrons. The molecule has 1 atom stereocenters. The summed E-state index contributed by atoms with van der Waals surface area (Å²) in [4.78, 5) is 8.69. The second-order valence-corrected chi connectivity index (χ2v) is 5.08. The molecule has 0 aliphatic carbocycles. The number of rotatable bonds is 4. The second-order valence-electron chi connectivity index (χ2n) is 5.08. The number of nitrogens with zero attached hydrogens (tertiary/aromatic N) is 5. The van der Waals surface area contributed by atoms with Gasteiger partial charge in [0.2, 0.25) is 0 Å². The number of aliphatic hydroxyl groups excluding tert-OH is 2. The van der Waals surface area contributed by atoms with Gasteiger partial charge in [-0.15, -0.1) is 5.10 Å². The van der Waals surface area contributed by atoms with E-state index in [0.29, 0.717) is 17.0 Å². The highest BCUT2D eigenvalue weighted by Crippen LogP contribution is 2.21. The molecule has 1 aromatic carbocycles. The summed E-state index contributed by atoms with van der Waals surface area (Å²) >= 11 is 0. The molecular weight excluding hydrogens is 284 g/mol. The molecule has 22 heavy (non-hydrogen) atoms. The number of hydrogen-bond acceptors (Lipinski definition) is 7. The molecular formula is C14H16N6O2. The fourth-order valence-electron chi connectivity index (χ4n) is 2.09. The Morgan fingerprint density at radius 3 is 2.64 bits per heavy atom. The van der Waals surface area contributed by atoms with E-state index in [2.05, 4.69) is 20.3 Å². The van der Waals surface area contributed by atoms with Gasteiger partial charge in [0.05, 0.1) is 19.3 Å². The van der Waals surface area contributed by atoms with Gasteiger partial charge in [-0.2, -0.15) is 0 Å². The predicted molar refractivity (Wildman–Crippen MR) is 80.8 cm³/mol. The van der Waals surface area contributed by atoms with Crippen molar-refractivity contribution in [3.8, 4) is 11.4 Å². The number of aliphatic hydroxyl groups is 2. The van der Waals surface area contributed by atoms with E-state index >= 15 is 0 Å². The summed E-state index contributed by atoms with van der Waals surface area (Å²) < 4.78 is 1.41. The highest BCUT2D eigenvalue weighted by molar-refractivity contribution is 5.83. The minimum Gasteiger partial charge on any atom is -0.394 e. The predicted octanol–water partition coefficient (Wildman–Crippen LogP) is 0.132. The maximum Gasteiger partial charge on any atom is 0.184 e. The number of anilines is 1. The van der Waals surface area contributed by atoms with Gasteiger partial charge >= 0.3 is 0 Å². The average Bonchev–Trinajstić information content (AvgIpc) is 2.91. The van der Waals surface area contributed by atoms with Crippen LogP contribution in [0.2, 0.25) is 0 Å². The van der Waals surface area contributed by atoms with Crippen molar-refractivity contribution in [1.82, 2.24) is 25.0 Å². The van der Waals surface area contributed by atoms with Gasteiger partial charge < -0.3 is 15.9 Å². The fraction of sp³-hybridized carbons (Fsp3) is 0.286. The van der Waals surface area contributed by atoms with Crippen LogP contribution < -0.4 is 5.73 Å². The lowest BCUT2D eigenvalue weighted by Crippen LogP contribution is -2.21. The summed E-state index contributed by atoms with van der Waals surface area (Å²) in [7, 11) is 0. The van der Waals surface area contributed by atoms with Crippen LogP contribution in [0.3, 0.4) is 0 Å². The van der Waals surface area contributed by atoms with Gasteiger partial charge in [0.1, 0.15) is 0 Å². The van der Waals surface area contributed by atoms with E-state index in [9.17, 15) is 5.11 Å². The molecule has 2 heterocycles. The van der Waals surface area contributed by atoms with E-state index in [1.807, 2.05) is 31.2 Å². The Balaban J connectivity index is 2.09. The van der Waals surface area contributed by atoms with Gasteiger partial charge in [0.25, 0.3) is 0 Å². The third-order valence-corrected chi connectivity index (χ3v) is 3.29. The lowest BCUT2D eigenvalue weighted by atomic mass is 10.1. The van der Waals surface area contributed by atoms with Crippen molar-refractivity contribution in [2.24, 2.45) is 0 Å². The van der Waals surface area contributed by atoms with Crippen LogP contribution in [-0.2, 0) is 6.54 Å². The van der Waals surface area contributed by atoms with E-state index in [0.717, 1.165) is 11.1 Å². The smallest absolute Gasteiger partial charge is 0.184 e. The first-order valence-electron chi connectivity index (χ1n) is 6.81. The van der Waals surface area contributed by atoms with E-state index in [4.69, 9.17) is 10.8 Å². The Kier molecular flexibility index (Phi) is 3.70. The van der Waals surface area contributed by atoms with Gasteiger partial charge in [-0.1, -0.05) is 35.0 Å². The summed E-state index contributed by atoms with van der Waals surface area (Å²) in [5.74, 6) is 0.692. The fourth-order valence-corrected chi connectivity index (χ4v) is 2.09. The molecule has 0 fully saturated rings. The zero-order chi connectivity index (χ0) is 15.7. The van der Waals surface area contributed by atoms with Crippen LogP contribution in [0.4, 0.5) is 5.82 Å². The van der Waals surface area contributed by atoms with Gasteiger partial charge in [0.15, 0.2) is 22.8 Å². The molecule has 3 aromatic rings. The molecule has 0 spiro atoms. The number of nitrogens with two attached hydrogens (primary N) is 1. The van der Waals surface area contributed by atoms with E-state index < -0.39 is 6.10 Å². The first-order chi connectivity index (χ1) is 10.6. The summed E-state index contributed by atoms with van der Waals surface area (Å²) in [5.41, 5.74) is 8.69. The maximum atomic E-state index is 9.56.